The van der Waals surface area contributed by atoms with E-state index in [0.29, 0.717) is 37.2 Å². The topological polar surface area (TPSA) is 122 Å². The van der Waals surface area contributed by atoms with E-state index in [0.717, 1.165) is 71.0 Å². The van der Waals surface area contributed by atoms with Crippen LogP contribution in [0.3, 0.4) is 0 Å². The van der Waals surface area contributed by atoms with Gasteiger partial charge in [0.05, 0.1) is 31.6 Å². The zero-order chi connectivity index (χ0) is 32.8. The van der Waals surface area contributed by atoms with Crippen molar-refractivity contribution in [3.05, 3.63) is 113 Å². The van der Waals surface area contributed by atoms with E-state index in [-0.39, 0.29) is 31.2 Å². The number of nitrogens with one attached hydrogen (secondary N) is 1. The SMILES string of the molecule is CCCCCC1CC(O)CCc2cc(c(O)cc2CO)OCc2cc(Cc3ccccc3)cc3cn(cc23)C2=C(C=CC(N)N2)CO1. The number of ether oxygens (including phenoxy) is 2. The number of nitrogens with two attached hydrogens (primary N) is 1. The summed E-state index contributed by atoms with van der Waals surface area (Å²) in [6, 6.07) is 18.2. The average molecular weight is 638 g/mol. The molecule has 248 valence electrons. The quantitative estimate of drug-likeness (QED) is 0.151. The van der Waals surface area contributed by atoms with Crippen LogP contribution in [0.1, 0.15) is 73.3 Å². The minimum Gasteiger partial charge on any atom is -0.504 e. The van der Waals surface area contributed by atoms with Crippen LogP contribution in [0.25, 0.3) is 16.6 Å². The molecule has 2 aliphatic heterocycles. The number of phenolic OH excluding ortho intramolecular Hbond substituents is 1. The zero-order valence-corrected chi connectivity index (χ0v) is 27.2. The van der Waals surface area contributed by atoms with Gasteiger partial charge in [-0.1, -0.05) is 68.7 Å². The van der Waals surface area contributed by atoms with Gasteiger partial charge in [-0.05, 0) is 84.2 Å². The number of benzene rings is 3. The Hall–Kier alpha value is -4.08. The molecule has 6 N–H and O–H groups in total. The molecule has 3 unspecified atom stereocenters. The first-order chi connectivity index (χ1) is 22.9. The van der Waals surface area contributed by atoms with Crippen molar-refractivity contribution < 1.29 is 24.8 Å². The highest BCUT2D eigenvalue weighted by atomic mass is 16.5. The van der Waals surface area contributed by atoms with Gasteiger partial charge in [0.2, 0.25) is 0 Å². The maximum absolute atomic E-state index is 11.1. The number of aromatic hydroxyl groups is 1. The van der Waals surface area contributed by atoms with Gasteiger partial charge >= 0.3 is 0 Å². The molecule has 8 heteroatoms. The number of unbranched alkanes of at least 4 members (excludes halogenated alkanes) is 2. The summed E-state index contributed by atoms with van der Waals surface area (Å²) < 4.78 is 15.0. The van der Waals surface area contributed by atoms with Crippen molar-refractivity contribution in [2.24, 2.45) is 5.73 Å². The smallest absolute Gasteiger partial charge is 0.161 e. The molecule has 0 saturated carbocycles. The van der Waals surface area contributed by atoms with Gasteiger partial charge in [0, 0.05) is 28.7 Å². The Balaban J connectivity index is 1.43. The second kappa shape index (κ2) is 15.2. The summed E-state index contributed by atoms with van der Waals surface area (Å²) in [5.74, 6) is 1.20. The summed E-state index contributed by atoms with van der Waals surface area (Å²) >= 11 is 0. The van der Waals surface area contributed by atoms with Gasteiger partial charge in [0.25, 0.3) is 0 Å². The maximum atomic E-state index is 11.1. The number of phenols is 1. The third kappa shape index (κ3) is 8.08. The second-order valence-electron chi connectivity index (χ2n) is 12.9. The van der Waals surface area contributed by atoms with E-state index in [1.807, 2.05) is 18.2 Å². The predicted octanol–water partition coefficient (Wildman–Crippen LogP) is 6.28. The highest BCUT2D eigenvalue weighted by Crippen LogP contribution is 2.34. The van der Waals surface area contributed by atoms with Crippen LogP contribution in [0.15, 0.2) is 84.7 Å². The van der Waals surface area contributed by atoms with E-state index < -0.39 is 6.10 Å². The molecule has 4 bridgehead atoms. The molecule has 3 aromatic carbocycles. The molecule has 0 aliphatic carbocycles. The standard InChI is InChI=1S/C39H47N3O5/c1-2-3-5-10-34-20-33(44)13-11-28-19-37(36(45)18-31(28)23-43)47-25-32-17-27(15-26-8-6-4-7-9-26)16-30-21-42(22-35(30)32)39-29(24-46-34)12-14-38(40)41-39/h4,6-9,12,14,16-19,21-22,33-34,38,41,43-45H,2-3,5,10-11,13,15,20,23-25,40H2,1H3. The number of aromatic nitrogens is 1. The summed E-state index contributed by atoms with van der Waals surface area (Å²) in [7, 11) is 0. The zero-order valence-electron chi connectivity index (χ0n) is 27.2. The summed E-state index contributed by atoms with van der Waals surface area (Å²) in [6.45, 7) is 2.59. The highest BCUT2D eigenvalue weighted by Gasteiger charge is 2.21. The number of aryl methyl sites for hydroxylation is 1. The lowest BCUT2D eigenvalue weighted by atomic mass is 9.97. The Morgan fingerprint density at radius 2 is 1.85 bits per heavy atom. The summed E-state index contributed by atoms with van der Waals surface area (Å²) in [4.78, 5) is 0. The number of fused-ring (bicyclic) bond motifs is 4. The first-order valence-corrected chi connectivity index (χ1v) is 16.9. The summed E-state index contributed by atoms with van der Waals surface area (Å²) in [6.07, 6.45) is 13.6. The molecule has 2 aliphatic rings. The van der Waals surface area contributed by atoms with E-state index in [1.54, 1.807) is 12.1 Å². The van der Waals surface area contributed by atoms with E-state index in [1.165, 1.54) is 5.56 Å². The summed E-state index contributed by atoms with van der Waals surface area (Å²) in [5, 5.41) is 37.7. The Morgan fingerprint density at radius 3 is 2.66 bits per heavy atom. The molecule has 0 spiro atoms. The van der Waals surface area contributed by atoms with Gasteiger partial charge in [-0.2, -0.15) is 0 Å². The van der Waals surface area contributed by atoms with Crippen LogP contribution in [0.4, 0.5) is 0 Å². The lowest BCUT2D eigenvalue weighted by Gasteiger charge is -2.26. The molecule has 0 amide bonds. The molecule has 4 aromatic rings. The third-order valence-corrected chi connectivity index (χ3v) is 9.25. The first-order valence-electron chi connectivity index (χ1n) is 16.9. The highest BCUT2D eigenvalue weighted by molar-refractivity contribution is 5.88. The first kappa shape index (κ1) is 32.8. The van der Waals surface area contributed by atoms with Gasteiger partial charge in [-0.3, -0.25) is 0 Å². The number of aliphatic hydroxyl groups is 2. The van der Waals surface area contributed by atoms with Crippen LogP contribution in [-0.4, -0.2) is 44.9 Å². The van der Waals surface area contributed by atoms with Crippen molar-refractivity contribution in [3.8, 4) is 11.5 Å². The number of rotatable bonds is 7. The molecule has 47 heavy (non-hydrogen) atoms. The van der Waals surface area contributed by atoms with Crippen LogP contribution >= 0.6 is 0 Å². The van der Waals surface area contributed by atoms with Crippen LogP contribution in [0.2, 0.25) is 0 Å². The van der Waals surface area contributed by atoms with Crippen molar-refractivity contribution in [1.82, 2.24) is 9.88 Å². The Bertz CT molecular complexity index is 1730. The fourth-order valence-electron chi connectivity index (χ4n) is 6.68. The number of hydrogen-bond donors (Lipinski definition) is 5. The summed E-state index contributed by atoms with van der Waals surface area (Å²) in [5.41, 5.74) is 12.2. The normalized spacial score (nSPS) is 20.4. The number of nitrogens with zero attached hydrogens (tertiary/aromatic N) is 1. The second-order valence-corrected chi connectivity index (χ2v) is 12.9. The molecule has 0 radical (unpaired) electrons. The molecule has 1 aromatic heterocycles. The van der Waals surface area contributed by atoms with Gasteiger partial charge < -0.3 is 40.4 Å². The van der Waals surface area contributed by atoms with Crippen molar-refractivity contribution in [1.29, 1.82) is 0 Å². The largest absolute Gasteiger partial charge is 0.504 e. The Labute approximate surface area is 277 Å². The molecule has 3 heterocycles. The van der Waals surface area contributed by atoms with Crippen molar-refractivity contribution in [2.45, 2.75) is 89.9 Å². The van der Waals surface area contributed by atoms with Crippen LogP contribution < -0.4 is 15.8 Å². The monoisotopic (exact) mass is 637 g/mol. The fraction of sp³-hybridized carbons (Fsp3) is 0.385. The molecular weight excluding hydrogens is 590 g/mol. The molecule has 6 rings (SSSR count). The van der Waals surface area contributed by atoms with Crippen molar-refractivity contribution in [3.63, 3.8) is 0 Å². The third-order valence-electron chi connectivity index (χ3n) is 9.25. The van der Waals surface area contributed by atoms with Gasteiger partial charge in [-0.15, -0.1) is 0 Å². The van der Waals surface area contributed by atoms with Crippen LogP contribution in [0, 0.1) is 0 Å². The molecule has 0 fully saturated rings. The number of aliphatic hydroxyl groups excluding tert-OH is 2. The molecule has 3 atom stereocenters. The Kier molecular flexibility index (Phi) is 10.6. The van der Waals surface area contributed by atoms with E-state index in [2.05, 4.69) is 65.6 Å². The minimum atomic E-state index is -0.584. The van der Waals surface area contributed by atoms with E-state index >= 15 is 0 Å². The van der Waals surface area contributed by atoms with Gasteiger partial charge in [0.1, 0.15) is 12.4 Å². The molecule has 8 nitrogen and oxygen atoms in total. The van der Waals surface area contributed by atoms with Crippen LogP contribution in [0.5, 0.6) is 11.5 Å². The van der Waals surface area contributed by atoms with Crippen molar-refractivity contribution >= 4 is 16.6 Å². The lowest BCUT2D eigenvalue weighted by Crippen LogP contribution is -2.38. The van der Waals surface area contributed by atoms with Gasteiger partial charge in [0.15, 0.2) is 11.5 Å². The average Bonchev–Trinajstić information content (AvgIpc) is 3.50. The minimum absolute atomic E-state index is 0.0200. The maximum Gasteiger partial charge on any atom is 0.161 e. The fourth-order valence-corrected chi connectivity index (χ4v) is 6.68. The lowest BCUT2D eigenvalue weighted by molar-refractivity contribution is 0.0171. The Morgan fingerprint density at radius 1 is 1.00 bits per heavy atom. The van der Waals surface area contributed by atoms with Crippen molar-refractivity contribution in [2.75, 3.05) is 6.61 Å². The number of dihydropyridines is 1. The van der Waals surface area contributed by atoms with Crippen LogP contribution in [-0.2, 0) is 30.8 Å². The van der Waals surface area contributed by atoms with E-state index in [9.17, 15) is 15.3 Å². The van der Waals surface area contributed by atoms with Gasteiger partial charge in [-0.25, -0.2) is 0 Å². The molecular formula is C39H47N3O5. The molecule has 0 saturated heterocycles. The number of hydrogen-bond acceptors (Lipinski definition) is 7. The van der Waals surface area contributed by atoms with E-state index in [4.69, 9.17) is 15.2 Å². The predicted molar refractivity (Wildman–Crippen MR) is 186 cm³/mol.